The van der Waals surface area contributed by atoms with E-state index in [0.29, 0.717) is 11.6 Å². The summed E-state index contributed by atoms with van der Waals surface area (Å²) in [4.78, 5) is 16.0. The van der Waals surface area contributed by atoms with E-state index in [0.717, 1.165) is 5.56 Å². The Kier molecular flexibility index (Phi) is 6.51. The molecule has 0 unspecified atom stereocenters. The molecular weight excluding hydrogens is 321 g/mol. The van der Waals surface area contributed by atoms with Crippen LogP contribution >= 0.6 is 0 Å². The van der Waals surface area contributed by atoms with E-state index in [1.165, 1.54) is 7.11 Å². The molecule has 0 atom stereocenters. The number of aryl methyl sites for hydroxylation is 1. The van der Waals surface area contributed by atoms with Crippen molar-refractivity contribution < 1.29 is 23.7 Å². The number of aromatic nitrogens is 1. The molecular formula is C18H30BNO5. The van der Waals surface area contributed by atoms with E-state index in [-0.39, 0.29) is 12.6 Å². The standard InChI is InChI=1S/C18H30BNO5/c1-12-9-14(23-11-16(2,3)15(21)22-8)20-10-13(12)24-17(4,5)18(6,7)25-19/h9-10H,11,19H2,1-8H3. The molecule has 25 heavy (non-hydrogen) atoms. The van der Waals surface area contributed by atoms with Crippen LogP contribution in [0.4, 0.5) is 0 Å². The maximum Gasteiger partial charge on any atom is 0.314 e. The van der Waals surface area contributed by atoms with Crippen molar-refractivity contribution in [1.29, 1.82) is 0 Å². The van der Waals surface area contributed by atoms with Crippen molar-refractivity contribution in [1.82, 2.24) is 4.98 Å². The Morgan fingerprint density at radius 1 is 1.16 bits per heavy atom. The molecule has 0 fully saturated rings. The van der Waals surface area contributed by atoms with E-state index in [1.54, 1.807) is 34.2 Å². The second kappa shape index (κ2) is 7.64. The van der Waals surface area contributed by atoms with Crippen molar-refractivity contribution in [2.24, 2.45) is 5.41 Å². The van der Waals surface area contributed by atoms with Gasteiger partial charge in [0.1, 0.15) is 18.0 Å². The lowest BCUT2D eigenvalue weighted by molar-refractivity contribution is -0.152. The molecule has 0 N–H and O–H groups in total. The number of esters is 1. The van der Waals surface area contributed by atoms with Crippen LogP contribution < -0.4 is 9.47 Å². The molecule has 7 heteroatoms. The largest absolute Gasteiger partial charge is 0.483 e. The summed E-state index contributed by atoms with van der Waals surface area (Å²) >= 11 is 0. The highest BCUT2D eigenvalue weighted by Gasteiger charge is 2.39. The molecule has 0 aliphatic rings. The van der Waals surface area contributed by atoms with Gasteiger partial charge in [-0.3, -0.25) is 4.79 Å². The lowest BCUT2D eigenvalue weighted by Crippen LogP contribution is -2.51. The predicted octanol–water partition coefficient (Wildman–Crippen LogP) is 2.47. The number of carbonyl (C=O) groups excluding carboxylic acids is 1. The molecule has 0 spiro atoms. The Bertz CT molecular complexity index is 613. The average Bonchev–Trinajstić information content (AvgIpc) is 2.54. The van der Waals surface area contributed by atoms with Crippen LogP contribution in [0, 0.1) is 12.3 Å². The van der Waals surface area contributed by atoms with Crippen LogP contribution in [-0.2, 0) is 14.2 Å². The minimum Gasteiger partial charge on any atom is -0.483 e. The number of pyridine rings is 1. The van der Waals surface area contributed by atoms with Crippen LogP contribution in [-0.4, -0.2) is 43.9 Å². The topological polar surface area (TPSA) is 66.9 Å². The zero-order chi connectivity index (χ0) is 19.5. The summed E-state index contributed by atoms with van der Waals surface area (Å²) in [7, 11) is 3.03. The Labute approximate surface area is 151 Å². The Hall–Kier alpha value is -1.76. The Morgan fingerprint density at radius 2 is 1.76 bits per heavy atom. The predicted molar refractivity (Wildman–Crippen MR) is 98.7 cm³/mol. The molecule has 0 saturated heterocycles. The van der Waals surface area contributed by atoms with Crippen LogP contribution in [0.15, 0.2) is 12.3 Å². The van der Waals surface area contributed by atoms with E-state index >= 15 is 0 Å². The summed E-state index contributed by atoms with van der Waals surface area (Å²) < 4.78 is 22.1. The minimum atomic E-state index is -0.746. The average molecular weight is 351 g/mol. The number of nitrogens with zero attached hydrogens (tertiary/aromatic N) is 1. The molecule has 0 aliphatic carbocycles. The highest BCUT2D eigenvalue weighted by atomic mass is 16.5. The Morgan fingerprint density at radius 3 is 2.24 bits per heavy atom. The summed E-state index contributed by atoms with van der Waals surface area (Å²) in [5, 5.41) is 0. The third kappa shape index (κ3) is 5.11. The van der Waals surface area contributed by atoms with Crippen molar-refractivity contribution in [3.63, 3.8) is 0 Å². The van der Waals surface area contributed by atoms with Gasteiger partial charge in [0.25, 0.3) is 8.05 Å². The Balaban J connectivity index is 2.86. The number of ether oxygens (including phenoxy) is 3. The maximum atomic E-state index is 11.7. The number of rotatable bonds is 8. The van der Waals surface area contributed by atoms with E-state index in [2.05, 4.69) is 4.98 Å². The molecule has 0 amide bonds. The molecule has 1 rings (SSSR count). The van der Waals surface area contributed by atoms with Crippen molar-refractivity contribution >= 4 is 14.0 Å². The summed E-state index contributed by atoms with van der Waals surface area (Å²) in [5.74, 6) is 0.771. The number of hydrogen-bond acceptors (Lipinski definition) is 6. The summed E-state index contributed by atoms with van der Waals surface area (Å²) in [6.07, 6.45) is 1.63. The first-order valence-electron chi connectivity index (χ1n) is 8.28. The zero-order valence-electron chi connectivity index (χ0n) is 16.9. The van der Waals surface area contributed by atoms with E-state index in [1.807, 2.05) is 34.6 Å². The minimum absolute atomic E-state index is 0.175. The smallest absolute Gasteiger partial charge is 0.314 e. The second-order valence-corrected chi connectivity index (χ2v) is 7.78. The first kappa shape index (κ1) is 21.3. The summed E-state index contributed by atoms with van der Waals surface area (Å²) in [6, 6.07) is 1.79. The molecule has 0 saturated carbocycles. The van der Waals surface area contributed by atoms with Gasteiger partial charge in [-0.1, -0.05) is 0 Å². The number of hydrogen-bond donors (Lipinski definition) is 0. The summed E-state index contributed by atoms with van der Waals surface area (Å²) in [5.41, 5.74) is -0.882. The highest BCUT2D eigenvalue weighted by molar-refractivity contribution is 5.98. The fraction of sp³-hybridized carbons (Fsp3) is 0.667. The number of methoxy groups -OCH3 is 1. The van der Waals surface area contributed by atoms with Crippen LogP contribution in [0.25, 0.3) is 0 Å². The molecule has 1 heterocycles. The van der Waals surface area contributed by atoms with Crippen molar-refractivity contribution in [2.45, 2.75) is 59.7 Å². The van der Waals surface area contributed by atoms with Crippen LogP contribution in [0.1, 0.15) is 47.1 Å². The van der Waals surface area contributed by atoms with Gasteiger partial charge in [0.05, 0.1) is 24.3 Å². The van der Waals surface area contributed by atoms with Crippen LogP contribution in [0.3, 0.4) is 0 Å². The molecule has 6 nitrogen and oxygen atoms in total. The monoisotopic (exact) mass is 351 g/mol. The molecule has 0 radical (unpaired) electrons. The second-order valence-electron chi connectivity index (χ2n) is 7.78. The van der Waals surface area contributed by atoms with Gasteiger partial charge in [-0.2, -0.15) is 0 Å². The molecule has 1 aromatic rings. The fourth-order valence-corrected chi connectivity index (χ4v) is 1.94. The van der Waals surface area contributed by atoms with Gasteiger partial charge in [-0.25, -0.2) is 4.98 Å². The van der Waals surface area contributed by atoms with E-state index in [4.69, 9.17) is 18.9 Å². The maximum absolute atomic E-state index is 11.7. The SMILES string of the molecule is BOC(C)(C)C(C)(C)Oc1cnc(OCC(C)(C)C(=O)OC)cc1C. The van der Waals surface area contributed by atoms with Gasteiger partial charge in [0.15, 0.2) is 0 Å². The van der Waals surface area contributed by atoms with Crippen molar-refractivity contribution in [3.05, 3.63) is 17.8 Å². The first-order valence-corrected chi connectivity index (χ1v) is 8.28. The van der Waals surface area contributed by atoms with Crippen LogP contribution in [0.2, 0.25) is 0 Å². The molecule has 0 bridgehead atoms. The lowest BCUT2D eigenvalue weighted by Gasteiger charge is -2.41. The van der Waals surface area contributed by atoms with Gasteiger partial charge >= 0.3 is 5.97 Å². The first-order chi connectivity index (χ1) is 11.4. The quantitative estimate of drug-likeness (QED) is 0.530. The van der Waals surface area contributed by atoms with Gasteiger partial charge in [-0.15, -0.1) is 0 Å². The fourth-order valence-electron chi connectivity index (χ4n) is 1.94. The van der Waals surface area contributed by atoms with E-state index < -0.39 is 16.6 Å². The highest BCUT2D eigenvalue weighted by Crippen LogP contribution is 2.32. The normalized spacial score (nSPS) is 12.6. The summed E-state index contributed by atoms with van der Waals surface area (Å²) in [6.45, 7) is 13.5. The third-order valence-electron chi connectivity index (χ3n) is 4.68. The molecule has 1 aromatic heterocycles. The zero-order valence-corrected chi connectivity index (χ0v) is 16.9. The molecule has 0 aromatic carbocycles. The lowest BCUT2D eigenvalue weighted by atomic mass is 9.88. The van der Waals surface area contributed by atoms with Gasteiger partial charge in [-0.05, 0) is 54.0 Å². The number of carbonyl (C=O) groups is 1. The van der Waals surface area contributed by atoms with Gasteiger partial charge in [0, 0.05) is 6.07 Å². The molecule has 0 aliphatic heterocycles. The van der Waals surface area contributed by atoms with Crippen LogP contribution in [0.5, 0.6) is 11.6 Å². The van der Waals surface area contributed by atoms with Crippen molar-refractivity contribution in [3.8, 4) is 11.6 Å². The molecule has 140 valence electrons. The van der Waals surface area contributed by atoms with Gasteiger partial charge < -0.3 is 18.9 Å². The van der Waals surface area contributed by atoms with Crippen molar-refractivity contribution in [2.75, 3.05) is 13.7 Å². The van der Waals surface area contributed by atoms with E-state index in [9.17, 15) is 4.79 Å². The van der Waals surface area contributed by atoms with Gasteiger partial charge in [0.2, 0.25) is 5.88 Å². The third-order valence-corrected chi connectivity index (χ3v) is 4.68.